The summed E-state index contributed by atoms with van der Waals surface area (Å²) in [4.78, 5) is 10.9. The van der Waals surface area contributed by atoms with Gasteiger partial charge in [0.05, 0.1) is 6.26 Å². The first-order chi connectivity index (χ1) is 6.61. The summed E-state index contributed by atoms with van der Waals surface area (Å²) in [6.07, 6.45) is 6.54. The van der Waals surface area contributed by atoms with Gasteiger partial charge in [-0.15, -0.1) is 0 Å². The fourth-order valence-electron chi connectivity index (χ4n) is 1.21. The maximum Gasteiger partial charge on any atom is 0.321 e. The summed E-state index contributed by atoms with van der Waals surface area (Å²) in [5.74, 6) is -0.832. The average molecular weight is 197 g/mol. The van der Waals surface area contributed by atoms with E-state index in [1.807, 2.05) is 19.9 Å². The highest BCUT2D eigenvalue weighted by molar-refractivity contribution is 5.73. The topological polar surface area (TPSA) is 58.6 Å². The predicted molar refractivity (Wildman–Crippen MR) is 52.6 cm³/mol. The van der Waals surface area contributed by atoms with E-state index in [2.05, 4.69) is 5.32 Å². The minimum atomic E-state index is -0.855. The second-order valence-electron chi connectivity index (χ2n) is 3.50. The third-order valence-electron chi connectivity index (χ3n) is 1.98. The van der Waals surface area contributed by atoms with Crippen LogP contribution in [0.3, 0.4) is 0 Å². The Hall–Kier alpha value is -1.29. The molecule has 0 aromatic carbocycles. The molecule has 0 spiro atoms. The zero-order valence-electron chi connectivity index (χ0n) is 8.31. The van der Waals surface area contributed by atoms with Crippen LogP contribution in [-0.4, -0.2) is 23.3 Å². The number of rotatable bonds is 4. The summed E-state index contributed by atoms with van der Waals surface area (Å²) in [5, 5.41) is 11.8. The van der Waals surface area contributed by atoms with E-state index in [4.69, 9.17) is 9.84 Å². The largest absolute Gasteiger partial charge is 0.480 e. The van der Waals surface area contributed by atoms with Crippen molar-refractivity contribution in [3.63, 3.8) is 0 Å². The van der Waals surface area contributed by atoms with Crippen LogP contribution in [0, 0.1) is 5.92 Å². The molecule has 1 heterocycles. The first-order valence-electron chi connectivity index (χ1n) is 4.59. The van der Waals surface area contributed by atoms with Crippen LogP contribution in [0.1, 0.15) is 13.8 Å². The Morgan fingerprint density at radius 3 is 2.64 bits per heavy atom. The Morgan fingerprint density at radius 2 is 2.21 bits per heavy atom. The number of ether oxygens (including phenoxy) is 1. The predicted octanol–water partition coefficient (Wildman–Crippen LogP) is 1.11. The Bertz CT molecular complexity index is 258. The molecule has 4 nitrogen and oxygen atoms in total. The van der Waals surface area contributed by atoms with Crippen LogP contribution in [0.25, 0.3) is 0 Å². The summed E-state index contributed by atoms with van der Waals surface area (Å²) in [5.41, 5.74) is 0. The highest BCUT2D eigenvalue weighted by Gasteiger charge is 2.24. The number of carboxylic acids is 1. The van der Waals surface area contributed by atoms with Crippen LogP contribution in [0.2, 0.25) is 0 Å². The summed E-state index contributed by atoms with van der Waals surface area (Å²) in [7, 11) is 0. The van der Waals surface area contributed by atoms with Crippen molar-refractivity contribution in [2.75, 3.05) is 0 Å². The third kappa shape index (κ3) is 2.88. The average Bonchev–Trinajstić information content (AvgIpc) is 2.15. The fourth-order valence-corrected chi connectivity index (χ4v) is 1.21. The first-order valence-corrected chi connectivity index (χ1v) is 4.59. The van der Waals surface area contributed by atoms with Crippen molar-refractivity contribution in [2.24, 2.45) is 5.92 Å². The van der Waals surface area contributed by atoms with Gasteiger partial charge in [0, 0.05) is 0 Å². The van der Waals surface area contributed by atoms with Gasteiger partial charge in [0.2, 0.25) is 0 Å². The molecule has 0 aromatic rings. The molecule has 1 unspecified atom stereocenters. The lowest BCUT2D eigenvalue weighted by Crippen LogP contribution is -2.46. The summed E-state index contributed by atoms with van der Waals surface area (Å²) >= 11 is 0. The van der Waals surface area contributed by atoms with E-state index in [1.54, 1.807) is 12.2 Å². The van der Waals surface area contributed by atoms with Crippen molar-refractivity contribution in [3.8, 4) is 0 Å². The molecule has 0 saturated carbocycles. The van der Waals surface area contributed by atoms with Crippen molar-refractivity contribution in [1.82, 2.24) is 5.32 Å². The molecule has 2 atom stereocenters. The molecule has 1 aliphatic rings. The van der Waals surface area contributed by atoms with Crippen molar-refractivity contribution in [3.05, 3.63) is 24.5 Å². The lowest BCUT2D eigenvalue weighted by molar-refractivity contribution is -0.141. The molecule has 0 aliphatic carbocycles. The van der Waals surface area contributed by atoms with Crippen molar-refractivity contribution in [2.45, 2.75) is 26.1 Å². The molecule has 0 fully saturated rings. The second-order valence-corrected chi connectivity index (χ2v) is 3.50. The Labute approximate surface area is 83.3 Å². The maximum atomic E-state index is 10.9. The van der Waals surface area contributed by atoms with E-state index < -0.39 is 12.0 Å². The van der Waals surface area contributed by atoms with Crippen LogP contribution in [0.15, 0.2) is 24.5 Å². The smallest absolute Gasteiger partial charge is 0.321 e. The molecule has 0 saturated heterocycles. The van der Waals surface area contributed by atoms with Gasteiger partial charge in [-0.1, -0.05) is 19.9 Å². The van der Waals surface area contributed by atoms with E-state index in [0.29, 0.717) is 0 Å². The van der Waals surface area contributed by atoms with Gasteiger partial charge in [-0.2, -0.15) is 0 Å². The van der Waals surface area contributed by atoms with Crippen LogP contribution >= 0.6 is 0 Å². The van der Waals surface area contributed by atoms with Crippen molar-refractivity contribution >= 4 is 5.97 Å². The molecule has 4 heteroatoms. The Kier molecular flexibility index (Phi) is 3.71. The van der Waals surface area contributed by atoms with Gasteiger partial charge in [0.1, 0.15) is 6.04 Å². The van der Waals surface area contributed by atoms with Crippen LogP contribution < -0.4 is 5.32 Å². The molecule has 0 amide bonds. The van der Waals surface area contributed by atoms with Gasteiger partial charge in [-0.05, 0) is 18.1 Å². The van der Waals surface area contributed by atoms with Crippen molar-refractivity contribution < 1.29 is 14.6 Å². The van der Waals surface area contributed by atoms with Gasteiger partial charge in [0.25, 0.3) is 0 Å². The quantitative estimate of drug-likeness (QED) is 0.708. The molecule has 0 bridgehead atoms. The highest BCUT2D eigenvalue weighted by atomic mass is 16.5. The molecular weight excluding hydrogens is 182 g/mol. The molecule has 2 N–H and O–H groups in total. The number of nitrogens with one attached hydrogen (secondary N) is 1. The highest BCUT2D eigenvalue weighted by Crippen LogP contribution is 2.06. The molecule has 1 aliphatic heterocycles. The van der Waals surface area contributed by atoms with Crippen LogP contribution in [-0.2, 0) is 9.53 Å². The van der Waals surface area contributed by atoms with E-state index in [-0.39, 0.29) is 12.1 Å². The number of hydrogen-bond donors (Lipinski definition) is 2. The van der Waals surface area contributed by atoms with Gasteiger partial charge in [-0.3, -0.25) is 10.1 Å². The summed E-state index contributed by atoms with van der Waals surface area (Å²) in [6.45, 7) is 3.71. The molecule has 1 rings (SSSR count). The maximum absolute atomic E-state index is 10.9. The van der Waals surface area contributed by atoms with Crippen molar-refractivity contribution in [1.29, 1.82) is 0 Å². The third-order valence-corrected chi connectivity index (χ3v) is 1.98. The molecular formula is C10H15NO3. The monoisotopic (exact) mass is 197 g/mol. The van der Waals surface area contributed by atoms with E-state index >= 15 is 0 Å². The zero-order chi connectivity index (χ0) is 10.6. The van der Waals surface area contributed by atoms with Gasteiger partial charge in [-0.25, -0.2) is 0 Å². The number of aliphatic carboxylic acids is 1. The fraction of sp³-hybridized carbons (Fsp3) is 0.500. The molecule has 78 valence electrons. The normalized spacial score (nSPS) is 22.1. The van der Waals surface area contributed by atoms with E-state index in [9.17, 15) is 4.79 Å². The minimum absolute atomic E-state index is 0.0235. The number of carbonyl (C=O) groups is 1. The Balaban J connectivity index is 2.51. The minimum Gasteiger partial charge on any atom is -0.480 e. The molecule has 14 heavy (non-hydrogen) atoms. The Morgan fingerprint density at radius 1 is 1.50 bits per heavy atom. The zero-order valence-corrected chi connectivity index (χ0v) is 8.31. The lowest BCUT2D eigenvalue weighted by atomic mass is 10.0. The standard InChI is InChI=1S/C10H15NO3/c1-7(2)9(10(12)13)11-8-5-3-4-6-14-8/h3-9,11H,1-2H3,(H,12,13)/t8?,9-/m0/s1. The summed E-state index contributed by atoms with van der Waals surface area (Å²) < 4.78 is 5.17. The molecule has 0 radical (unpaired) electrons. The number of allylic oxidation sites excluding steroid dienone is 2. The number of carboxylic acid groups (broad SMARTS) is 1. The SMILES string of the molecule is CC(C)[C@H](NC1C=CC=CO1)C(=O)O. The number of hydrogen-bond acceptors (Lipinski definition) is 3. The summed E-state index contributed by atoms with van der Waals surface area (Å²) in [6, 6.07) is -0.587. The van der Waals surface area contributed by atoms with Crippen LogP contribution in [0.4, 0.5) is 0 Å². The van der Waals surface area contributed by atoms with Gasteiger partial charge < -0.3 is 9.84 Å². The van der Waals surface area contributed by atoms with E-state index in [1.165, 1.54) is 6.26 Å². The van der Waals surface area contributed by atoms with Gasteiger partial charge >= 0.3 is 5.97 Å². The second kappa shape index (κ2) is 4.81. The van der Waals surface area contributed by atoms with Gasteiger partial charge in [0.15, 0.2) is 6.23 Å². The molecule has 0 aromatic heterocycles. The van der Waals surface area contributed by atoms with E-state index in [0.717, 1.165) is 0 Å². The lowest BCUT2D eigenvalue weighted by Gasteiger charge is -2.23. The first kappa shape index (κ1) is 10.8. The van der Waals surface area contributed by atoms with Crippen LogP contribution in [0.5, 0.6) is 0 Å².